The zero-order valence-corrected chi connectivity index (χ0v) is 10.7. The molecule has 1 aromatic heterocycles. The molecule has 0 aliphatic carbocycles. The zero-order chi connectivity index (χ0) is 13.0. The SMILES string of the molecule is Cc1cc(NC(C)CC(=O)O)nc(C(C)C)n1. The molecule has 0 aromatic carbocycles. The molecule has 0 spiro atoms. The Morgan fingerprint density at radius 3 is 2.59 bits per heavy atom. The highest BCUT2D eigenvalue weighted by Crippen LogP contribution is 2.14. The minimum atomic E-state index is -0.820. The molecule has 5 nitrogen and oxygen atoms in total. The van der Waals surface area contributed by atoms with Gasteiger partial charge in [0.05, 0.1) is 6.42 Å². The van der Waals surface area contributed by atoms with Crippen molar-refractivity contribution in [2.75, 3.05) is 5.32 Å². The maximum atomic E-state index is 10.6. The summed E-state index contributed by atoms with van der Waals surface area (Å²) in [5.41, 5.74) is 0.883. The minimum Gasteiger partial charge on any atom is -0.481 e. The quantitative estimate of drug-likeness (QED) is 0.821. The number of aryl methyl sites for hydroxylation is 1. The lowest BCUT2D eigenvalue weighted by Gasteiger charge is -2.14. The standard InChI is InChI=1S/C12H19N3O2/c1-7(2)12-14-8(3)5-10(15-12)13-9(4)6-11(16)17/h5,7,9H,6H2,1-4H3,(H,16,17)(H,13,14,15). The minimum absolute atomic E-state index is 0.0695. The molecule has 0 bridgehead atoms. The number of carbonyl (C=O) groups is 1. The Kier molecular flexibility index (Phi) is 4.43. The summed E-state index contributed by atoms with van der Waals surface area (Å²) in [5, 5.41) is 11.8. The Hall–Kier alpha value is -1.65. The zero-order valence-electron chi connectivity index (χ0n) is 10.7. The van der Waals surface area contributed by atoms with Crippen LogP contribution in [-0.4, -0.2) is 27.1 Å². The number of hydrogen-bond donors (Lipinski definition) is 2. The molecule has 1 heterocycles. The summed E-state index contributed by atoms with van der Waals surface area (Å²) in [4.78, 5) is 19.3. The highest BCUT2D eigenvalue weighted by molar-refractivity contribution is 5.68. The Morgan fingerprint density at radius 1 is 1.41 bits per heavy atom. The number of hydrogen-bond acceptors (Lipinski definition) is 4. The summed E-state index contributed by atoms with van der Waals surface area (Å²) < 4.78 is 0. The molecule has 0 aliphatic heterocycles. The van der Waals surface area contributed by atoms with Gasteiger partial charge in [-0.25, -0.2) is 9.97 Å². The number of rotatable bonds is 5. The normalized spacial score (nSPS) is 12.5. The van der Waals surface area contributed by atoms with Gasteiger partial charge < -0.3 is 10.4 Å². The van der Waals surface area contributed by atoms with E-state index >= 15 is 0 Å². The van der Waals surface area contributed by atoms with Crippen LogP contribution in [0.5, 0.6) is 0 Å². The van der Waals surface area contributed by atoms with Crippen LogP contribution < -0.4 is 5.32 Å². The number of aromatic nitrogens is 2. The highest BCUT2D eigenvalue weighted by Gasteiger charge is 2.10. The van der Waals surface area contributed by atoms with Gasteiger partial charge >= 0.3 is 5.97 Å². The summed E-state index contributed by atoms with van der Waals surface area (Å²) in [7, 11) is 0. The smallest absolute Gasteiger partial charge is 0.305 e. The van der Waals surface area contributed by atoms with Crippen LogP contribution in [0.1, 0.15) is 44.6 Å². The average molecular weight is 237 g/mol. The fourth-order valence-electron chi connectivity index (χ4n) is 1.49. The third kappa shape index (κ3) is 4.38. The molecule has 1 aromatic rings. The lowest BCUT2D eigenvalue weighted by molar-refractivity contribution is -0.137. The lowest BCUT2D eigenvalue weighted by atomic mass is 10.2. The van der Waals surface area contributed by atoms with E-state index in [1.165, 1.54) is 0 Å². The summed E-state index contributed by atoms with van der Waals surface area (Å²) in [6, 6.07) is 1.67. The van der Waals surface area contributed by atoms with Gasteiger partial charge in [-0.2, -0.15) is 0 Å². The molecule has 1 unspecified atom stereocenters. The van der Waals surface area contributed by atoms with E-state index in [1.54, 1.807) is 0 Å². The molecule has 1 atom stereocenters. The summed E-state index contributed by atoms with van der Waals surface area (Å²) >= 11 is 0. The van der Waals surface area contributed by atoms with Crippen molar-refractivity contribution in [1.29, 1.82) is 0 Å². The van der Waals surface area contributed by atoms with Gasteiger partial charge in [0.25, 0.3) is 0 Å². The molecule has 5 heteroatoms. The first-order chi connectivity index (χ1) is 7.88. The Bertz CT molecular complexity index is 405. The fourth-order valence-corrected chi connectivity index (χ4v) is 1.49. The van der Waals surface area contributed by atoms with Crippen molar-refractivity contribution in [3.8, 4) is 0 Å². The number of anilines is 1. The number of carboxylic acid groups (broad SMARTS) is 1. The van der Waals surface area contributed by atoms with Gasteiger partial charge in [-0.3, -0.25) is 4.79 Å². The number of aliphatic carboxylic acids is 1. The van der Waals surface area contributed by atoms with Crippen LogP contribution in [-0.2, 0) is 4.79 Å². The van der Waals surface area contributed by atoms with Gasteiger partial charge in [0.2, 0.25) is 0 Å². The Labute approximate surface area is 101 Å². The van der Waals surface area contributed by atoms with Crippen molar-refractivity contribution in [2.45, 2.75) is 46.1 Å². The van der Waals surface area contributed by atoms with E-state index in [0.717, 1.165) is 11.5 Å². The van der Waals surface area contributed by atoms with E-state index < -0.39 is 5.97 Å². The van der Waals surface area contributed by atoms with Crippen LogP contribution in [0.15, 0.2) is 6.07 Å². The third-order valence-electron chi connectivity index (χ3n) is 2.26. The monoisotopic (exact) mass is 237 g/mol. The second-order valence-electron chi connectivity index (χ2n) is 4.55. The van der Waals surface area contributed by atoms with E-state index in [2.05, 4.69) is 15.3 Å². The van der Waals surface area contributed by atoms with Crippen molar-refractivity contribution < 1.29 is 9.90 Å². The fraction of sp³-hybridized carbons (Fsp3) is 0.583. The van der Waals surface area contributed by atoms with Crippen molar-refractivity contribution in [3.05, 3.63) is 17.6 Å². The number of nitrogens with zero attached hydrogens (tertiary/aromatic N) is 2. The van der Waals surface area contributed by atoms with Crippen LogP contribution in [0.4, 0.5) is 5.82 Å². The van der Waals surface area contributed by atoms with Crippen molar-refractivity contribution in [1.82, 2.24) is 9.97 Å². The van der Waals surface area contributed by atoms with Crippen LogP contribution >= 0.6 is 0 Å². The molecule has 17 heavy (non-hydrogen) atoms. The van der Waals surface area contributed by atoms with Crippen LogP contribution in [0.3, 0.4) is 0 Å². The van der Waals surface area contributed by atoms with Gasteiger partial charge in [-0.05, 0) is 13.8 Å². The van der Waals surface area contributed by atoms with Crippen molar-refractivity contribution in [3.63, 3.8) is 0 Å². The molecule has 94 valence electrons. The first-order valence-corrected chi connectivity index (χ1v) is 5.72. The second-order valence-corrected chi connectivity index (χ2v) is 4.55. The molecular formula is C12H19N3O2. The maximum Gasteiger partial charge on any atom is 0.305 e. The molecule has 2 N–H and O–H groups in total. The largest absolute Gasteiger partial charge is 0.481 e. The predicted octanol–water partition coefficient (Wildman–Crippen LogP) is 2.18. The predicted molar refractivity (Wildman–Crippen MR) is 66.2 cm³/mol. The van der Waals surface area contributed by atoms with Crippen molar-refractivity contribution >= 4 is 11.8 Å². The number of carboxylic acids is 1. The van der Waals surface area contributed by atoms with Crippen molar-refractivity contribution in [2.24, 2.45) is 0 Å². The highest BCUT2D eigenvalue weighted by atomic mass is 16.4. The van der Waals surface area contributed by atoms with E-state index in [0.29, 0.717) is 5.82 Å². The summed E-state index contributed by atoms with van der Waals surface area (Å²) in [6.45, 7) is 7.78. The van der Waals surface area contributed by atoms with Gasteiger partial charge in [-0.1, -0.05) is 13.8 Å². The van der Waals surface area contributed by atoms with Gasteiger partial charge in [0, 0.05) is 23.7 Å². The third-order valence-corrected chi connectivity index (χ3v) is 2.26. The molecule has 0 aliphatic rings. The average Bonchev–Trinajstić information content (AvgIpc) is 2.14. The molecule has 0 fully saturated rings. The Morgan fingerprint density at radius 2 is 2.06 bits per heavy atom. The van der Waals surface area contributed by atoms with E-state index in [1.807, 2.05) is 33.8 Å². The topological polar surface area (TPSA) is 75.1 Å². The van der Waals surface area contributed by atoms with Gasteiger partial charge in [-0.15, -0.1) is 0 Å². The first-order valence-electron chi connectivity index (χ1n) is 5.72. The first kappa shape index (κ1) is 13.4. The molecule has 0 saturated carbocycles. The van der Waals surface area contributed by atoms with Crippen LogP contribution in [0.2, 0.25) is 0 Å². The summed E-state index contributed by atoms with van der Waals surface area (Å²) in [6.07, 6.45) is 0.0695. The lowest BCUT2D eigenvalue weighted by Crippen LogP contribution is -2.20. The van der Waals surface area contributed by atoms with E-state index in [4.69, 9.17) is 5.11 Å². The number of nitrogens with one attached hydrogen (secondary N) is 1. The Balaban J connectivity index is 2.80. The van der Waals surface area contributed by atoms with E-state index in [-0.39, 0.29) is 18.4 Å². The molecule has 1 rings (SSSR count). The van der Waals surface area contributed by atoms with Gasteiger partial charge in [0.1, 0.15) is 11.6 Å². The van der Waals surface area contributed by atoms with Crippen LogP contribution in [0, 0.1) is 6.92 Å². The van der Waals surface area contributed by atoms with E-state index in [9.17, 15) is 4.79 Å². The summed E-state index contributed by atoms with van der Waals surface area (Å²) in [5.74, 6) is 0.898. The second kappa shape index (κ2) is 5.61. The van der Waals surface area contributed by atoms with Gasteiger partial charge in [0.15, 0.2) is 0 Å². The maximum absolute atomic E-state index is 10.6. The molecule has 0 saturated heterocycles. The molecule has 0 amide bonds. The molecular weight excluding hydrogens is 218 g/mol. The molecule has 0 radical (unpaired) electrons. The van der Waals surface area contributed by atoms with Crippen LogP contribution in [0.25, 0.3) is 0 Å².